The van der Waals surface area contributed by atoms with Crippen LogP contribution in [-0.4, -0.2) is 95.6 Å². The van der Waals surface area contributed by atoms with E-state index in [9.17, 15) is 14.4 Å². The maximum Gasteiger partial charge on any atom is 0.321 e. The van der Waals surface area contributed by atoms with E-state index in [2.05, 4.69) is 32.3 Å². The molecule has 3 aromatic rings. The molecule has 2 fully saturated rings. The molecule has 0 spiro atoms. The summed E-state index contributed by atoms with van der Waals surface area (Å²) in [6.45, 7) is 5.68. The maximum absolute atomic E-state index is 15.2. The van der Waals surface area contributed by atoms with Crippen molar-refractivity contribution in [3.63, 3.8) is 0 Å². The number of anilines is 3. The highest BCUT2D eigenvalue weighted by Gasteiger charge is 2.29. The first-order valence-corrected chi connectivity index (χ1v) is 16.1. The number of aromatic nitrogens is 2. The van der Waals surface area contributed by atoms with Crippen molar-refractivity contribution in [2.24, 2.45) is 11.7 Å². The van der Waals surface area contributed by atoms with Gasteiger partial charge in [-0.1, -0.05) is 36.4 Å². The number of rotatable bonds is 7. The molecule has 3 aliphatic rings. The smallest absolute Gasteiger partial charge is 0.321 e. The Morgan fingerprint density at radius 3 is 2.30 bits per heavy atom. The van der Waals surface area contributed by atoms with Crippen molar-refractivity contribution >= 4 is 35.2 Å². The fraction of sp³-hybridized carbons (Fsp3) is 0.441. The Morgan fingerprint density at radius 1 is 0.936 bits per heavy atom. The summed E-state index contributed by atoms with van der Waals surface area (Å²) >= 11 is 0. The van der Waals surface area contributed by atoms with Gasteiger partial charge in [0.15, 0.2) is 11.6 Å². The molecule has 250 valence electrons. The Kier molecular flexibility index (Phi) is 11.2. The molecule has 4 N–H and O–H groups in total. The van der Waals surface area contributed by atoms with Crippen LogP contribution >= 0.6 is 0 Å². The van der Waals surface area contributed by atoms with E-state index in [-0.39, 0.29) is 30.1 Å². The van der Waals surface area contributed by atoms with E-state index in [1.807, 2.05) is 53.2 Å². The summed E-state index contributed by atoms with van der Waals surface area (Å²) in [5.74, 6) is -1.23. The lowest BCUT2D eigenvalue weighted by atomic mass is 9.97. The summed E-state index contributed by atoms with van der Waals surface area (Å²) < 4.78 is 15.2. The first-order valence-electron chi connectivity index (χ1n) is 16.1. The van der Waals surface area contributed by atoms with E-state index in [1.165, 1.54) is 17.5 Å². The van der Waals surface area contributed by atoms with Gasteiger partial charge in [-0.25, -0.2) is 14.8 Å². The largest absolute Gasteiger partial charge is 0.481 e. The minimum atomic E-state index is -0.803. The topological polar surface area (TPSA) is 148 Å². The van der Waals surface area contributed by atoms with Crippen molar-refractivity contribution in [2.75, 3.05) is 68.0 Å². The second kappa shape index (κ2) is 15.7. The zero-order valence-electron chi connectivity index (χ0n) is 26.8. The van der Waals surface area contributed by atoms with Gasteiger partial charge in [0.25, 0.3) is 0 Å². The number of piperazine rings is 1. The number of fused-ring (bicyclic) bond motifs is 1. The molecule has 2 aromatic carbocycles. The number of aliphatic carboxylic acids is 1. The Morgan fingerprint density at radius 2 is 1.62 bits per heavy atom. The van der Waals surface area contributed by atoms with Crippen molar-refractivity contribution in [2.45, 2.75) is 38.6 Å². The number of nitrogens with one attached hydrogen (secondary N) is 1. The molecule has 4 heterocycles. The maximum atomic E-state index is 15.2. The summed E-state index contributed by atoms with van der Waals surface area (Å²) in [7, 11) is 2.05. The highest BCUT2D eigenvalue weighted by Crippen LogP contribution is 2.30. The zero-order valence-corrected chi connectivity index (χ0v) is 26.8. The lowest BCUT2D eigenvalue weighted by Gasteiger charge is -2.34. The third-order valence-electron chi connectivity index (χ3n) is 8.93. The van der Waals surface area contributed by atoms with Crippen molar-refractivity contribution in [1.29, 1.82) is 0 Å². The number of amides is 3. The normalized spacial score (nSPS) is 18.1. The van der Waals surface area contributed by atoms with Gasteiger partial charge in [-0.05, 0) is 61.6 Å². The average molecular weight is 647 g/mol. The van der Waals surface area contributed by atoms with Crippen LogP contribution in [0.1, 0.15) is 36.0 Å². The van der Waals surface area contributed by atoms with E-state index in [4.69, 9.17) is 10.8 Å². The predicted octanol–water partition coefficient (Wildman–Crippen LogP) is 3.36. The van der Waals surface area contributed by atoms with E-state index in [0.29, 0.717) is 38.4 Å². The van der Waals surface area contributed by atoms with Crippen LogP contribution in [0.2, 0.25) is 0 Å². The number of primary amides is 1. The number of carboxylic acid groups (broad SMARTS) is 1. The molecule has 3 amide bonds. The van der Waals surface area contributed by atoms with Crippen LogP contribution in [0.25, 0.3) is 0 Å². The highest BCUT2D eigenvalue weighted by molar-refractivity contribution is 5.89. The monoisotopic (exact) mass is 646 g/mol. The molecule has 1 aromatic heterocycles. The SMILES string of the molecule is CN1CCN(C(=O)Nc2ccc(CCC(=O)O)cc2)CC1.NC(=O)C1CCCN(c2ncnc(N3CCc4ccccc4C3)c2F)C1. The van der Waals surface area contributed by atoms with Gasteiger partial charge in [-0.15, -0.1) is 0 Å². The highest BCUT2D eigenvalue weighted by atomic mass is 19.1. The van der Waals surface area contributed by atoms with E-state index in [0.717, 1.165) is 56.7 Å². The molecular formula is C34H43FN8O4. The molecule has 12 nitrogen and oxygen atoms in total. The van der Waals surface area contributed by atoms with E-state index < -0.39 is 11.8 Å². The first kappa shape index (κ1) is 33.6. The third kappa shape index (κ3) is 8.94. The van der Waals surface area contributed by atoms with E-state index >= 15 is 4.39 Å². The summed E-state index contributed by atoms with van der Waals surface area (Å²) in [6, 6.07) is 15.5. The number of likely N-dealkylation sites (N-methyl/N-ethyl adjacent to an activating group) is 1. The Labute approximate surface area is 274 Å². The van der Waals surface area contributed by atoms with Crippen LogP contribution < -0.4 is 20.9 Å². The van der Waals surface area contributed by atoms with Gasteiger partial charge >= 0.3 is 12.0 Å². The molecule has 3 aliphatic heterocycles. The lowest BCUT2D eigenvalue weighted by molar-refractivity contribution is -0.137. The summed E-state index contributed by atoms with van der Waals surface area (Å²) in [5.41, 5.74) is 9.63. The van der Waals surface area contributed by atoms with E-state index in [1.54, 1.807) is 4.90 Å². The average Bonchev–Trinajstić information content (AvgIpc) is 3.08. The van der Waals surface area contributed by atoms with Crippen molar-refractivity contribution < 1.29 is 23.9 Å². The number of carbonyl (C=O) groups excluding carboxylic acids is 2. The Balaban J connectivity index is 0.000000189. The van der Waals surface area contributed by atoms with Crippen molar-refractivity contribution in [3.8, 4) is 0 Å². The van der Waals surface area contributed by atoms with Crippen LogP contribution in [0.3, 0.4) is 0 Å². The molecule has 1 unspecified atom stereocenters. The number of aryl methyl sites for hydroxylation is 1. The zero-order chi connectivity index (χ0) is 33.3. The molecule has 0 saturated carbocycles. The van der Waals surface area contributed by atoms with Gasteiger partial charge in [0.2, 0.25) is 11.7 Å². The van der Waals surface area contributed by atoms with Crippen LogP contribution in [-0.2, 0) is 29.0 Å². The Bertz CT molecular complexity index is 1550. The molecule has 2 saturated heterocycles. The molecule has 6 rings (SSSR count). The number of carbonyl (C=O) groups is 3. The van der Waals surface area contributed by atoms with Crippen molar-refractivity contribution in [1.82, 2.24) is 19.8 Å². The van der Waals surface area contributed by atoms with Crippen molar-refractivity contribution in [3.05, 3.63) is 77.4 Å². The predicted molar refractivity (Wildman–Crippen MR) is 178 cm³/mol. The number of nitrogens with two attached hydrogens (primary N) is 1. The first-order chi connectivity index (χ1) is 22.7. The van der Waals surface area contributed by atoms with Gasteiger partial charge in [-0.2, -0.15) is 4.39 Å². The second-order valence-corrected chi connectivity index (χ2v) is 12.3. The summed E-state index contributed by atoms with van der Waals surface area (Å²) in [6.07, 6.45) is 4.43. The Hall–Kier alpha value is -4.78. The van der Waals surface area contributed by atoms with Crippen LogP contribution in [0, 0.1) is 11.7 Å². The molecule has 0 bridgehead atoms. The van der Waals surface area contributed by atoms with Crippen LogP contribution in [0.4, 0.5) is 26.5 Å². The minimum Gasteiger partial charge on any atom is -0.481 e. The second-order valence-electron chi connectivity index (χ2n) is 12.3. The lowest BCUT2D eigenvalue weighted by Crippen LogP contribution is -2.48. The van der Waals surface area contributed by atoms with Gasteiger partial charge in [-0.3, -0.25) is 9.59 Å². The standard InChI is InChI=1S/C19H22FN5O.C15H21N3O3/c20-16-18(24-8-3-6-15(11-24)17(21)26)22-12-23-19(16)25-9-7-13-4-1-2-5-14(13)10-25;1-17-8-10-18(11-9-17)15(21)16-13-5-2-12(3-6-13)4-7-14(19)20/h1-2,4-5,12,15H,3,6-11H2,(H2,21,26);2-3,5-6H,4,7-11H2,1H3,(H,16,21)(H,19,20). The fourth-order valence-corrected chi connectivity index (χ4v) is 6.09. The molecule has 47 heavy (non-hydrogen) atoms. The molecule has 0 radical (unpaired) electrons. The number of carboxylic acids is 1. The molecule has 1 atom stereocenters. The molecular weight excluding hydrogens is 603 g/mol. The van der Waals surface area contributed by atoms with Gasteiger partial charge in [0, 0.05) is 64.5 Å². The quantitative estimate of drug-likeness (QED) is 0.352. The summed E-state index contributed by atoms with van der Waals surface area (Å²) in [4.78, 5) is 50.3. The number of hydrogen-bond donors (Lipinski definition) is 3. The fourth-order valence-electron chi connectivity index (χ4n) is 6.09. The molecule has 0 aliphatic carbocycles. The number of piperidine rings is 1. The number of benzene rings is 2. The van der Waals surface area contributed by atoms with Crippen LogP contribution in [0.15, 0.2) is 54.9 Å². The number of halogens is 1. The summed E-state index contributed by atoms with van der Waals surface area (Å²) in [5, 5.41) is 11.5. The number of urea groups is 1. The third-order valence-corrected chi connectivity index (χ3v) is 8.93. The van der Waals surface area contributed by atoms with Gasteiger partial charge < -0.3 is 35.8 Å². The number of hydrogen-bond acceptors (Lipinski definition) is 8. The number of nitrogens with zero attached hydrogens (tertiary/aromatic N) is 6. The van der Waals surface area contributed by atoms with Crippen LogP contribution in [0.5, 0.6) is 0 Å². The van der Waals surface area contributed by atoms with Gasteiger partial charge in [0.1, 0.15) is 6.33 Å². The van der Waals surface area contributed by atoms with Gasteiger partial charge in [0.05, 0.1) is 5.92 Å². The molecule has 13 heteroatoms. The minimum absolute atomic E-state index is 0.0821.